The SMILES string of the molecule is CC(F)(F)c1nnc(Cn2nc(-c3ccc(OC(F)F)cc3)ccc2=O)o1. The highest BCUT2D eigenvalue weighted by Crippen LogP contribution is 2.25. The minimum atomic E-state index is -3.30. The van der Waals surface area contributed by atoms with Crippen molar-refractivity contribution in [2.24, 2.45) is 0 Å². The van der Waals surface area contributed by atoms with E-state index in [1.54, 1.807) is 0 Å². The fourth-order valence-corrected chi connectivity index (χ4v) is 2.15. The lowest BCUT2D eigenvalue weighted by molar-refractivity contribution is -0.0498. The molecule has 7 nitrogen and oxygen atoms in total. The lowest BCUT2D eigenvalue weighted by atomic mass is 10.1. The molecule has 0 aliphatic carbocycles. The molecule has 0 unspecified atom stereocenters. The van der Waals surface area contributed by atoms with Gasteiger partial charge in [0.25, 0.3) is 11.4 Å². The van der Waals surface area contributed by atoms with E-state index in [4.69, 9.17) is 4.42 Å². The van der Waals surface area contributed by atoms with Crippen LogP contribution in [0, 0.1) is 0 Å². The van der Waals surface area contributed by atoms with Crippen molar-refractivity contribution < 1.29 is 26.7 Å². The lowest BCUT2D eigenvalue weighted by Gasteiger charge is -2.07. The molecule has 0 saturated carbocycles. The van der Waals surface area contributed by atoms with Crippen LogP contribution in [0.1, 0.15) is 18.7 Å². The Bertz CT molecular complexity index is 980. The summed E-state index contributed by atoms with van der Waals surface area (Å²) in [4.78, 5) is 11.9. The molecule has 0 bridgehead atoms. The Labute approximate surface area is 149 Å². The van der Waals surface area contributed by atoms with Gasteiger partial charge in [0.15, 0.2) is 0 Å². The fraction of sp³-hybridized carbons (Fsp3) is 0.250. The largest absolute Gasteiger partial charge is 0.435 e. The lowest BCUT2D eigenvalue weighted by Crippen LogP contribution is -2.23. The number of alkyl halides is 4. The molecular weight excluding hydrogens is 372 g/mol. The Balaban J connectivity index is 1.84. The molecule has 3 aromatic rings. The van der Waals surface area contributed by atoms with Crippen molar-refractivity contribution in [2.45, 2.75) is 26.0 Å². The van der Waals surface area contributed by atoms with Crippen molar-refractivity contribution in [1.82, 2.24) is 20.0 Å². The Kier molecular flexibility index (Phi) is 4.93. The maximum Gasteiger partial charge on any atom is 0.387 e. The highest BCUT2D eigenvalue weighted by atomic mass is 19.3. The Hall–Kier alpha value is -3.24. The van der Waals surface area contributed by atoms with Gasteiger partial charge in [-0.2, -0.15) is 22.7 Å². The summed E-state index contributed by atoms with van der Waals surface area (Å²) in [7, 11) is 0. The molecule has 0 fully saturated rings. The maximum absolute atomic E-state index is 13.1. The zero-order valence-electron chi connectivity index (χ0n) is 13.8. The third-order valence-corrected chi connectivity index (χ3v) is 3.37. The van der Waals surface area contributed by atoms with E-state index in [1.165, 1.54) is 36.4 Å². The second-order valence-corrected chi connectivity index (χ2v) is 5.51. The number of halogens is 4. The van der Waals surface area contributed by atoms with Gasteiger partial charge in [-0.15, -0.1) is 10.2 Å². The third kappa shape index (κ3) is 4.49. The number of ether oxygens (including phenoxy) is 1. The number of benzene rings is 1. The Morgan fingerprint density at radius 2 is 1.85 bits per heavy atom. The van der Waals surface area contributed by atoms with Gasteiger partial charge < -0.3 is 9.15 Å². The van der Waals surface area contributed by atoms with Crippen LogP contribution in [0.15, 0.2) is 45.6 Å². The quantitative estimate of drug-likeness (QED) is 0.608. The first-order chi connectivity index (χ1) is 12.7. The monoisotopic (exact) mass is 384 g/mol. The predicted octanol–water partition coefficient (Wildman–Crippen LogP) is 3.05. The van der Waals surface area contributed by atoms with Crippen molar-refractivity contribution in [2.75, 3.05) is 0 Å². The summed E-state index contributed by atoms with van der Waals surface area (Å²) in [5.74, 6) is -4.40. The van der Waals surface area contributed by atoms with Crippen LogP contribution < -0.4 is 10.3 Å². The van der Waals surface area contributed by atoms with E-state index in [0.29, 0.717) is 18.2 Å². The molecular formula is C16H12F4N4O3. The number of nitrogens with zero attached hydrogens (tertiary/aromatic N) is 4. The summed E-state index contributed by atoms with van der Waals surface area (Å²) in [6.45, 7) is -2.63. The molecule has 27 heavy (non-hydrogen) atoms. The van der Waals surface area contributed by atoms with Crippen molar-refractivity contribution in [1.29, 1.82) is 0 Å². The van der Waals surface area contributed by atoms with Crippen LogP contribution in [0.2, 0.25) is 0 Å². The average molecular weight is 384 g/mol. The van der Waals surface area contributed by atoms with Gasteiger partial charge in [0.1, 0.15) is 12.3 Å². The number of hydrogen-bond donors (Lipinski definition) is 0. The van der Waals surface area contributed by atoms with E-state index in [2.05, 4.69) is 20.0 Å². The molecule has 0 saturated heterocycles. The summed E-state index contributed by atoms with van der Waals surface area (Å²) < 4.78 is 60.7. The van der Waals surface area contributed by atoms with E-state index in [-0.39, 0.29) is 18.2 Å². The molecule has 142 valence electrons. The van der Waals surface area contributed by atoms with Gasteiger partial charge in [0.05, 0.1) is 5.69 Å². The smallest absolute Gasteiger partial charge is 0.387 e. The topological polar surface area (TPSA) is 83.0 Å². The van der Waals surface area contributed by atoms with E-state index < -0.39 is 24.0 Å². The molecule has 0 amide bonds. The fourth-order valence-electron chi connectivity index (χ4n) is 2.15. The summed E-state index contributed by atoms with van der Waals surface area (Å²) >= 11 is 0. The minimum Gasteiger partial charge on any atom is -0.435 e. The highest BCUT2D eigenvalue weighted by Gasteiger charge is 2.31. The van der Waals surface area contributed by atoms with Crippen LogP contribution in [0.5, 0.6) is 5.75 Å². The highest BCUT2D eigenvalue weighted by molar-refractivity contribution is 5.59. The van der Waals surface area contributed by atoms with Crippen molar-refractivity contribution in [3.8, 4) is 17.0 Å². The molecule has 0 aliphatic heterocycles. The third-order valence-electron chi connectivity index (χ3n) is 3.37. The first kappa shape index (κ1) is 18.5. The molecule has 2 heterocycles. The minimum absolute atomic E-state index is 0.0269. The summed E-state index contributed by atoms with van der Waals surface area (Å²) in [5, 5.41) is 10.8. The predicted molar refractivity (Wildman–Crippen MR) is 83.5 cm³/mol. The van der Waals surface area contributed by atoms with Crippen molar-refractivity contribution >= 4 is 0 Å². The molecule has 3 rings (SSSR count). The van der Waals surface area contributed by atoms with Gasteiger partial charge in [-0.3, -0.25) is 4.79 Å². The summed E-state index contributed by atoms with van der Waals surface area (Å²) in [6, 6.07) is 8.27. The first-order valence-electron chi connectivity index (χ1n) is 7.56. The Morgan fingerprint density at radius 1 is 1.15 bits per heavy atom. The second-order valence-electron chi connectivity index (χ2n) is 5.51. The maximum atomic E-state index is 13.1. The van der Waals surface area contributed by atoms with Crippen LogP contribution in [0.4, 0.5) is 17.6 Å². The van der Waals surface area contributed by atoms with Crippen LogP contribution >= 0.6 is 0 Å². The number of hydrogen-bond acceptors (Lipinski definition) is 6. The van der Waals surface area contributed by atoms with Gasteiger partial charge in [-0.25, -0.2) is 4.68 Å². The summed E-state index contributed by atoms with van der Waals surface area (Å²) in [6.07, 6.45) is 0. The standard InChI is InChI=1S/C16H12F4N4O3/c1-16(19,20)14-22-21-12(27-14)8-24-13(25)7-6-11(23-24)9-2-4-10(5-3-9)26-15(17)18/h2-7,15H,8H2,1H3. The van der Waals surface area contributed by atoms with Crippen molar-refractivity contribution in [3.63, 3.8) is 0 Å². The van der Waals surface area contributed by atoms with Gasteiger partial charge in [0.2, 0.25) is 5.89 Å². The average Bonchev–Trinajstić information content (AvgIpc) is 3.06. The van der Waals surface area contributed by atoms with E-state index >= 15 is 0 Å². The van der Waals surface area contributed by atoms with Gasteiger partial charge in [-0.05, 0) is 30.3 Å². The molecule has 1 aromatic carbocycles. The second kappa shape index (κ2) is 7.17. The number of rotatable bonds is 6. The van der Waals surface area contributed by atoms with Crippen LogP contribution in [0.3, 0.4) is 0 Å². The van der Waals surface area contributed by atoms with E-state index in [0.717, 1.165) is 4.68 Å². The van der Waals surface area contributed by atoms with Crippen LogP contribution in [0.25, 0.3) is 11.3 Å². The first-order valence-corrected chi connectivity index (χ1v) is 7.56. The van der Waals surface area contributed by atoms with Crippen molar-refractivity contribution in [3.05, 3.63) is 58.5 Å². The van der Waals surface area contributed by atoms with Gasteiger partial charge in [-0.1, -0.05) is 0 Å². The van der Waals surface area contributed by atoms with Gasteiger partial charge in [0, 0.05) is 18.6 Å². The summed E-state index contributed by atoms with van der Waals surface area (Å²) in [5.41, 5.74) is 0.356. The molecule has 11 heteroatoms. The van der Waals surface area contributed by atoms with Crippen LogP contribution in [-0.2, 0) is 12.5 Å². The molecule has 0 aliphatic rings. The molecule has 0 N–H and O–H groups in total. The molecule has 0 radical (unpaired) electrons. The zero-order valence-corrected chi connectivity index (χ0v) is 13.8. The Morgan fingerprint density at radius 3 is 2.44 bits per heavy atom. The molecule has 0 atom stereocenters. The molecule has 0 spiro atoms. The van der Waals surface area contributed by atoms with Gasteiger partial charge >= 0.3 is 12.5 Å². The molecule has 2 aromatic heterocycles. The normalized spacial score (nSPS) is 11.8. The number of aromatic nitrogens is 4. The van der Waals surface area contributed by atoms with E-state index in [9.17, 15) is 22.4 Å². The zero-order chi connectivity index (χ0) is 19.6. The van der Waals surface area contributed by atoms with E-state index in [1.807, 2.05) is 0 Å². The van der Waals surface area contributed by atoms with Crippen LogP contribution in [-0.4, -0.2) is 26.6 Å².